The maximum atomic E-state index is 13.2. The lowest BCUT2D eigenvalue weighted by Gasteiger charge is -2.38. The molecule has 35 heavy (non-hydrogen) atoms. The molecule has 2 amide bonds. The first kappa shape index (κ1) is 24.5. The molecule has 0 saturated carbocycles. The SMILES string of the molecule is C=CCCC(NC(=O)OCC1c2ccccc2-c2ccccc21)C(=O)N1CCN(C)C(C(=O)O)C1. The van der Waals surface area contributed by atoms with Gasteiger partial charge in [-0.15, -0.1) is 6.58 Å². The predicted octanol–water partition coefficient (Wildman–Crippen LogP) is 3.09. The first-order chi connectivity index (χ1) is 16.9. The zero-order chi connectivity index (χ0) is 24.9. The van der Waals surface area contributed by atoms with Gasteiger partial charge in [0.05, 0.1) is 0 Å². The van der Waals surface area contributed by atoms with Gasteiger partial charge in [0.1, 0.15) is 18.7 Å². The summed E-state index contributed by atoms with van der Waals surface area (Å²) in [5.74, 6) is -1.36. The largest absolute Gasteiger partial charge is 0.480 e. The first-order valence-electron chi connectivity index (χ1n) is 11.8. The van der Waals surface area contributed by atoms with E-state index in [1.807, 2.05) is 36.4 Å². The Hall–Kier alpha value is -3.65. The molecule has 184 valence electrons. The van der Waals surface area contributed by atoms with Gasteiger partial charge >= 0.3 is 12.1 Å². The van der Waals surface area contributed by atoms with Crippen LogP contribution >= 0.6 is 0 Å². The number of allylic oxidation sites excluding steroid dienone is 1. The molecule has 2 aromatic rings. The van der Waals surface area contributed by atoms with Crippen molar-refractivity contribution in [2.75, 3.05) is 33.3 Å². The summed E-state index contributed by atoms with van der Waals surface area (Å²) < 4.78 is 5.62. The van der Waals surface area contributed by atoms with Crippen molar-refractivity contribution in [3.63, 3.8) is 0 Å². The molecule has 0 spiro atoms. The van der Waals surface area contributed by atoms with Crippen LogP contribution in [0, 0.1) is 0 Å². The molecule has 1 aliphatic carbocycles. The number of nitrogens with zero attached hydrogens (tertiary/aromatic N) is 2. The van der Waals surface area contributed by atoms with Crippen LogP contribution in [0.1, 0.15) is 29.9 Å². The monoisotopic (exact) mass is 477 g/mol. The maximum Gasteiger partial charge on any atom is 0.407 e. The number of carboxylic acids is 1. The number of piperazine rings is 1. The smallest absolute Gasteiger partial charge is 0.407 e. The van der Waals surface area contributed by atoms with Gasteiger partial charge in [-0.25, -0.2) is 4.79 Å². The molecule has 1 heterocycles. The highest BCUT2D eigenvalue weighted by Gasteiger charge is 2.35. The number of ether oxygens (including phenoxy) is 1. The first-order valence-corrected chi connectivity index (χ1v) is 11.8. The topological polar surface area (TPSA) is 99.2 Å². The van der Waals surface area contributed by atoms with Crippen molar-refractivity contribution in [1.82, 2.24) is 15.1 Å². The number of likely N-dealkylation sites (N-methyl/N-ethyl adjacent to an activating group) is 1. The van der Waals surface area contributed by atoms with E-state index in [1.54, 1.807) is 18.0 Å². The molecule has 2 aliphatic rings. The van der Waals surface area contributed by atoms with Crippen molar-refractivity contribution in [3.8, 4) is 11.1 Å². The number of fused-ring (bicyclic) bond motifs is 3. The van der Waals surface area contributed by atoms with E-state index in [0.717, 1.165) is 22.3 Å². The van der Waals surface area contributed by atoms with Gasteiger partial charge in [-0.1, -0.05) is 54.6 Å². The molecule has 1 aliphatic heterocycles. The molecule has 2 unspecified atom stereocenters. The van der Waals surface area contributed by atoms with Crippen LogP contribution in [0.2, 0.25) is 0 Å². The summed E-state index contributed by atoms with van der Waals surface area (Å²) in [6.07, 6.45) is 1.90. The van der Waals surface area contributed by atoms with Crippen LogP contribution in [0.4, 0.5) is 4.79 Å². The number of carboxylic acid groups (broad SMARTS) is 1. The van der Waals surface area contributed by atoms with Gasteiger partial charge in [-0.2, -0.15) is 0 Å². The summed E-state index contributed by atoms with van der Waals surface area (Å²) in [6, 6.07) is 14.6. The second kappa shape index (κ2) is 10.7. The number of carbonyl (C=O) groups excluding carboxylic acids is 2. The maximum absolute atomic E-state index is 13.2. The van der Waals surface area contributed by atoms with Gasteiger partial charge in [0, 0.05) is 25.6 Å². The highest BCUT2D eigenvalue weighted by Crippen LogP contribution is 2.44. The lowest BCUT2D eigenvalue weighted by atomic mass is 9.98. The number of rotatable bonds is 8. The number of aliphatic carboxylic acids is 1. The van der Waals surface area contributed by atoms with Crippen LogP contribution in [0.5, 0.6) is 0 Å². The molecule has 0 radical (unpaired) electrons. The number of amides is 2. The fraction of sp³-hybridized carbons (Fsp3) is 0.370. The summed E-state index contributed by atoms with van der Waals surface area (Å²) in [5.41, 5.74) is 4.49. The molecule has 8 nitrogen and oxygen atoms in total. The van der Waals surface area contributed by atoms with E-state index in [4.69, 9.17) is 4.74 Å². The average Bonchev–Trinajstić information content (AvgIpc) is 3.18. The van der Waals surface area contributed by atoms with E-state index in [9.17, 15) is 19.5 Å². The average molecular weight is 478 g/mol. The molecule has 4 rings (SSSR count). The van der Waals surface area contributed by atoms with Crippen molar-refractivity contribution >= 4 is 18.0 Å². The van der Waals surface area contributed by atoms with Crippen LogP contribution in [-0.2, 0) is 14.3 Å². The van der Waals surface area contributed by atoms with Crippen LogP contribution in [0.25, 0.3) is 11.1 Å². The standard InChI is InChI=1S/C27H31N3O5/c1-3-4-13-23(25(31)30-15-14-29(2)24(16-30)26(32)33)28-27(34)35-17-22-20-11-7-5-9-18(20)19-10-6-8-12-21(19)22/h3,5-12,22-24H,1,4,13-17H2,2H3,(H,28,34)(H,32,33). The van der Waals surface area contributed by atoms with E-state index in [0.29, 0.717) is 25.9 Å². The van der Waals surface area contributed by atoms with Gasteiger partial charge in [0.15, 0.2) is 0 Å². The Bertz CT molecular complexity index is 1070. The Balaban J connectivity index is 1.42. The predicted molar refractivity (Wildman–Crippen MR) is 132 cm³/mol. The van der Waals surface area contributed by atoms with Crippen LogP contribution in [-0.4, -0.2) is 78.2 Å². The van der Waals surface area contributed by atoms with E-state index < -0.39 is 24.1 Å². The molecular weight excluding hydrogens is 446 g/mol. The summed E-state index contributed by atoms with van der Waals surface area (Å²) in [5, 5.41) is 12.2. The lowest BCUT2D eigenvalue weighted by molar-refractivity contribution is -0.148. The minimum Gasteiger partial charge on any atom is -0.480 e. The van der Waals surface area contributed by atoms with Gasteiger partial charge in [-0.3, -0.25) is 14.5 Å². The lowest BCUT2D eigenvalue weighted by Crippen LogP contribution is -2.59. The van der Waals surface area contributed by atoms with E-state index in [1.165, 1.54) is 4.90 Å². The number of hydrogen-bond donors (Lipinski definition) is 2. The molecule has 1 saturated heterocycles. The summed E-state index contributed by atoms with van der Waals surface area (Å²) in [7, 11) is 1.73. The van der Waals surface area contributed by atoms with Crippen molar-refractivity contribution in [3.05, 3.63) is 72.3 Å². The molecule has 2 aromatic carbocycles. The Morgan fingerprint density at radius 2 is 1.74 bits per heavy atom. The van der Waals surface area contributed by atoms with Crippen molar-refractivity contribution in [2.24, 2.45) is 0 Å². The van der Waals surface area contributed by atoms with Crippen molar-refractivity contribution < 1.29 is 24.2 Å². The van der Waals surface area contributed by atoms with E-state index in [-0.39, 0.29) is 25.0 Å². The minimum atomic E-state index is -0.975. The number of carbonyl (C=O) groups is 3. The Labute approximate surface area is 205 Å². The Kier molecular flexibility index (Phi) is 7.51. The summed E-state index contributed by atoms with van der Waals surface area (Å²) in [6.45, 7) is 4.77. The minimum absolute atomic E-state index is 0.0711. The molecule has 0 bridgehead atoms. The van der Waals surface area contributed by atoms with Gasteiger partial charge in [0.2, 0.25) is 5.91 Å². The van der Waals surface area contributed by atoms with Crippen LogP contribution in [0.15, 0.2) is 61.2 Å². The fourth-order valence-electron chi connectivity index (χ4n) is 4.89. The summed E-state index contributed by atoms with van der Waals surface area (Å²) >= 11 is 0. The molecule has 1 fully saturated rings. The zero-order valence-electron chi connectivity index (χ0n) is 19.9. The number of alkyl carbamates (subject to hydrolysis) is 1. The fourth-order valence-corrected chi connectivity index (χ4v) is 4.89. The second-order valence-corrected chi connectivity index (χ2v) is 9.01. The molecule has 8 heteroatoms. The van der Waals surface area contributed by atoms with E-state index >= 15 is 0 Å². The van der Waals surface area contributed by atoms with Crippen molar-refractivity contribution in [1.29, 1.82) is 0 Å². The molecule has 2 atom stereocenters. The van der Waals surface area contributed by atoms with Gasteiger partial charge < -0.3 is 20.1 Å². The van der Waals surface area contributed by atoms with Gasteiger partial charge in [-0.05, 0) is 42.1 Å². The molecular formula is C27H31N3O5. The van der Waals surface area contributed by atoms with Crippen LogP contribution in [0.3, 0.4) is 0 Å². The number of nitrogens with one attached hydrogen (secondary N) is 1. The zero-order valence-corrected chi connectivity index (χ0v) is 19.9. The van der Waals surface area contributed by atoms with Crippen molar-refractivity contribution in [2.45, 2.75) is 30.8 Å². The normalized spacial score (nSPS) is 18.3. The highest BCUT2D eigenvalue weighted by molar-refractivity contribution is 5.87. The van der Waals surface area contributed by atoms with E-state index in [2.05, 4.69) is 24.0 Å². The highest BCUT2D eigenvalue weighted by atomic mass is 16.5. The third-order valence-corrected chi connectivity index (χ3v) is 6.84. The number of benzene rings is 2. The molecule has 0 aromatic heterocycles. The third kappa shape index (κ3) is 5.22. The third-order valence-electron chi connectivity index (χ3n) is 6.84. The second-order valence-electron chi connectivity index (χ2n) is 9.01. The molecule has 2 N–H and O–H groups in total. The Morgan fingerprint density at radius 3 is 2.34 bits per heavy atom. The van der Waals surface area contributed by atoms with Crippen LogP contribution < -0.4 is 5.32 Å². The number of hydrogen-bond acceptors (Lipinski definition) is 5. The van der Waals surface area contributed by atoms with Gasteiger partial charge in [0.25, 0.3) is 0 Å². The quantitative estimate of drug-likeness (QED) is 0.567. The Morgan fingerprint density at radius 1 is 1.11 bits per heavy atom. The summed E-state index contributed by atoms with van der Waals surface area (Å²) in [4.78, 5) is 40.8.